The van der Waals surface area contributed by atoms with E-state index in [9.17, 15) is 4.79 Å². The number of carbonyl (C=O) groups excluding carboxylic acids is 1. The Kier molecular flexibility index (Phi) is 3.36. The number of pyridine rings is 1. The number of carbonyl (C=O) groups is 1. The molecule has 0 saturated carbocycles. The van der Waals surface area contributed by atoms with Crippen LogP contribution in [-0.2, 0) is 0 Å². The van der Waals surface area contributed by atoms with E-state index in [0.29, 0.717) is 5.69 Å². The summed E-state index contributed by atoms with van der Waals surface area (Å²) < 4.78 is 0. The van der Waals surface area contributed by atoms with Crippen LogP contribution in [0.1, 0.15) is 10.5 Å². The monoisotopic (exact) mass is 220 g/mol. The standard InChI is InChI=1S/C11H16N4O/c1-12-11(16)10-8-9(2-3-14-10)15-6-4-13-5-7-15/h2-3,8,13H,4-7H2,1H3,(H,12,16). The Labute approximate surface area is 94.9 Å². The summed E-state index contributed by atoms with van der Waals surface area (Å²) >= 11 is 0. The zero-order valence-electron chi connectivity index (χ0n) is 9.36. The normalized spacial score (nSPS) is 15.9. The average Bonchev–Trinajstić information content (AvgIpc) is 2.39. The molecule has 2 heterocycles. The van der Waals surface area contributed by atoms with Crippen LogP contribution in [0.3, 0.4) is 0 Å². The highest BCUT2D eigenvalue weighted by Crippen LogP contribution is 2.14. The van der Waals surface area contributed by atoms with Gasteiger partial charge < -0.3 is 15.5 Å². The highest BCUT2D eigenvalue weighted by atomic mass is 16.1. The quantitative estimate of drug-likeness (QED) is 0.728. The highest BCUT2D eigenvalue weighted by molar-refractivity contribution is 5.92. The first-order valence-corrected chi connectivity index (χ1v) is 5.45. The summed E-state index contributed by atoms with van der Waals surface area (Å²) in [5.41, 5.74) is 1.54. The molecule has 0 aliphatic carbocycles. The Hall–Kier alpha value is -1.62. The molecule has 5 nitrogen and oxygen atoms in total. The van der Waals surface area contributed by atoms with E-state index in [1.807, 2.05) is 12.1 Å². The maximum absolute atomic E-state index is 11.4. The molecule has 0 radical (unpaired) electrons. The third-order valence-electron chi connectivity index (χ3n) is 2.69. The molecule has 5 heteroatoms. The second-order valence-electron chi connectivity index (χ2n) is 3.72. The molecule has 86 valence electrons. The van der Waals surface area contributed by atoms with Gasteiger partial charge in [0.05, 0.1) is 0 Å². The lowest BCUT2D eigenvalue weighted by Gasteiger charge is -2.29. The molecule has 2 rings (SSSR count). The van der Waals surface area contributed by atoms with Crippen LogP contribution in [0.25, 0.3) is 0 Å². The van der Waals surface area contributed by atoms with Crippen LogP contribution in [0.4, 0.5) is 5.69 Å². The second-order valence-corrected chi connectivity index (χ2v) is 3.72. The maximum Gasteiger partial charge on any atom is 0.269 e. The summed E-state index contributed by atoms with van der Waals surface area (Å²) in [4.78, 5) is 17.7. The molecule has 2 N–H and O–H groups in total. The predicted molar refractivity (Wildman–Crippen MR) is 62.7 cm³/mol. The number of aromatic nitrogens is 1. The first-order valence-electron chi connectivity index (χ1n) is 5.45. The summed E-state index contributed by atoms with van der Waals surface area (Å²) in [6, 6.07) is 3.78. The van der Waals surface area contributed by atoms with Crippen LogP contribution in [0.5, 0.6) is 0 Å². The van der Waals surface area contributed by atoms with Gasteiger partial charge in [0.25, 0.3) is 5.91 Å². The summed E-state index contributed by atoms with van der Waals surface area (Å²) in [5.74, 6) is -0.142. The number of rotatable bonds is 2. The van der Waals surface area contributed by atoms with Crippen molar-refractivity contribution in [2.24, 2.45) is 0 Å². The van der Waals surface area contributed by atoms with Crippen LogP contribution in [-0.4, -0.2) is 44.1 Å². The molecule has 0 bridgehead atoms. The number of hydrogen-bond donors (Lipinski definition) is 2. The average molecular weight is 220 g/mol. The van der Waals surface area contributed by atoms with E-state index in [4.69, 9.17) is 0 Å². The summed E-state index contributed by atoms with van der Waals surface area (Å²) in [7, 11) is 1.61. The lowest BCUT2D eigenvalue weighted by Crippen LogP contribution is -2.43. The van der Waals surface area contributed by atoms with Crippen molar-refractivity contribution in [1.29, 1.82) is 0 Å². The van der Waals surface area contributed by atoms with Gasteiger partial charge in [-0.3, -0.25) is 9.78 Å². The van der Waals surface area contributed by atoms with E-state index < -0.39 is 0 Å². The van der Waals surface area contributed by atoms with E-state index in [1.54, 1.807) is 13.2 Å². The molecule has 1 aliphatic rings. The zero-order chi connectivity index (χ0) is 11.4. The van der Waals surface area contributed by atoms with Gasteiger partial charge in [-0.2, -0.15) is 0 Å². The van der Waals surface area contributed by atoms with Crippen molar-refractivity contribution in [2.45, 2.75) is 0 Å². The van der Waals surface area contributed by atoms with Gasteiger partial charge in [0.1, 0.15) is 5.69 Å². The molecule has 1 saturated heterocycles. The smallest absolute Gasteiger partial charge is 0.269 e. The predicted octanol–water partition coefficient (Wildman–Crippen LogP) is -0.149. The first-order chi connectivity index (χ1) is 7.81. The minimum atomic E-state index is -0.142. The van der Waals surface area contributed by atoms with Gasteiger partial charge in [-0.1, -0.05) is 0 Å². The number of piperazine rings is 1. The van der Waals surface area contributed by atoms with E-state index in [1.165, 1.54) is 0 Å². The maximum atomic E-state index is 11.4. The van der Waals surface area contributed by atoms with Gasteiger partial charge in [-0.25, -0.2) is 0 Å². The van der Waals surface area contributed by atoms with Crippen molar-refractivity contribution >= 4 is 11.6 Å². The number of nitrogens with zero attached hydrogens (tertiary/aromatic N) is 2. The number of amides is 1. The topological polar surface area (TPSA) is 57.3 Å². The van der Waals surface area contributed by atoms with Crippen molar-refractivity contribution < 1.29 is 4.79 Å². The van der Waals surface area contributed by atoms with Crippen LogP contribution in [0.15, 0.2) is 18.3 Å². The van der Waals surface area contributed by atoms with Crippen LogP contribution >= 0.6 is 0 Å². The van der Waals surface area contributed by atoms with E-state index >= 15 is 0 Å². The van der Waals surface area contributed by atoms with Gasteiger partial charge in [0, 0.05) is 45.1 Å². The number of nitrogens with one attached hydrogen (secondary N) is 2. The van der Waals surface area contributed by atoms with E-state index in [2.05, 4.69) is 20.5 Å². The van der Waals surface area contributed by atoms with Gasteiger partial charge in [-0.05, 0) is 12.1 Å². The molecular weight excluding hydrogens is 204 g/mol. The van der Waals surface area contributed by atoms with Crippen molar-refractivity contribution in [3.05, 3.63) is 24.0 Å². The Morgan fingerprint density at radius 1 is 1.50 bits per heavy atom. The van der Waals surface area contributed by atoms with E-state index in [0.717, 1.165) is 31.9 Å². The number of anilines is 1. The Bertz CT molecular complexity index is 374. The van der Waals surface area contributed by atoms with Gasteiger partial charge in [-0.15, -0.1) is 0 Å². The summed E-state index contributed by atoms with van der Waals surface area (Å²) in [6.07, 6.45) is 1.68. The van der Waals surface area contributed by atoms with Crippen LogP contribution in [0.2, 0.25) is 0 Å². The third kappa shape index (κ3) is 2.30. The molecule has 0 aromatic carbocycles. The molecule has 1 aromatic rings. The Morgan fingerprint density at radius 2 is 2.25 bits per heavy atom. The SMILES string of the molecule is CNC(=O)c1cc(N2CCNCC2)ccn1. The van der Waals surface area contributed by atoms with Gasteiger partial charge >= 0.3 is 0 Å². The molecule has 1 aliphatic heterocycles. The minimum absolute atomic E-state index is 0.142. The molecule has 0 atom stereocenters. The van der Waals surface area contributed by atoms with Gasteiger partial charge in [0.2, 0.25) is 0 Å². The second kappa shape index (κ2) is 4.94. The fourth-order valence-corrected chi connectivity index (χ4v) is 1.79. The molecule has 0 unspecified atom stereocenters. The van der Waals surface area contributed by atoms with Crippen molar-refractivity contribution in [2.75, 3.05) is 38.1 Å². The Balaban J connectivity index is 2.17. The van der Waals surface area contributed by atoms with Crippen molar-refractivity contribution in [1.82, 2.24) is 15.6 Å². The van der Waals surface area contributed by atoms with Crippen LogP contribution < -0.4 is 15.5 Å². The Morgan fingerprint density at radius 3 is 2.94 bits per heavy atom. The lowest BCUT2D eigenvalue weighted by molar-refractivity contribution is 0.0958. The van der Waals surface area contributed by atoms with Crippen LogP contribution in [0, 0.1) is 0 Å². The lowest BCUT2D eigenvalue weighted by atomic mass is 10.2. The van der Waals surface area contributed by atoms with Gasteiger partial charge in [0.15, 0.2) is 0 Å². The van der Waals surface area contributed by atoms with E-state index in [-0.39, 0.29) is 5.91 Å². The summed E-state index contributed by atoms with van der Waals surface area (Å²) in [5, 5.41) is 5.88. The molecular formula is C11H16N4O. The zero-order valence-corrected chi connectivity index (χ0v) is 9.36. The first kappa shape index (κ1) is 10.9. The van der Waals surface area contributed by atoms with Crippen molar-refractivity contribution in [3.63, 3.8) is 0 Å². The molecule has 1 aromatic heterocycles. The third-order valence-corrected chi connectivity index (χ3v) is 2.69. The fourth-order valence-electron chi connectivity index (χ4n) is 1.79. The highest BCUT2D eigenvalue weighted by Gasteiger charge is 2.12. The summed E-state index contributed by atoms with van der Waals surface area (Å²) in [6.45, 7) is 3.91. The number of hydrogen-bond acceptors (Lipinski definition) is 4. The molecule has 1 amide bonds. The molecule has 1 fully saturated rings. The fraction of sp³-hybridized carbons (Fsp3) is 0.455. The largest absolute Gasteiger partial charge is 0.369 e. The van der Waals surface area contributed by atoms with Crippen molar-refractivity contribution in [3.8, 4) is 0 Å². The molecule has 16 heavy (non-hydrogen) atoms. The minimum Gasteiger partial charge on any atom is -0.369 e. The molecule has 0 spiro atoms.